The third-order valence-electron chi connectivity index (χ3n) is 2.18. The van der Waals surface area contributed by atoms with E-state index >= 15 is 0 Å². The summed E-state index contributed by atoms with van der Waals surface area (Å²) in [6, 6.07) is -0.0219. The normalized spacial score (nSPS) is 12.8. The number of aryl methyl sites for hydroxylation is 1. The Morgan fingerprint density at radius 1 is 1.56 bits per heavy atom. The number of rotatable bonds is 5. The van der Waals surface area contributed by atoms with E-state index in [4.69, 9.17) is 5.73 Å². The van der Waals surface area contributed by atoms with Crippen molar-refractivity contribution in [2.45, 2.75) is 33.2 Å². The summed E-state index contributed by atoms with van der Waals surface area (Å²) in [5, 5.41) is 9.24. The van der Waals surface area contributed by atoms with E-state index in [1.807, 2.05) is 0 Å². The van der Waals surface area contributed by atoms with Gasteiger partial charge in [-0.05, 0) is 19.3 Å². The molecule has 0 aliphatic carbocycles. The topological polar surface area (TPSA) is 96.7 Å². The van der Waals surface area contributed by atoms with E-state index in [0.29, 0.717) is 18.3 Å². The third-order valence-corrected chi connectivity index (χ3v) is 2.18. The van der Waals surface area contributed by atoms with Gasteiger partial charge < -0.3 is 11.1 Å². The van der Waals surface area contributed by atoms with Crippen molar-refractivity contribution in [2.75, 3.05) is 6.54 Å². The predicted molar refractivity (Wildman–Crippen MR) is 60.9 cm³/mol. The highest BCUT2D eigenvalue weighted by molar-refractivity contribution is 5.90. The van der Waals surface area contributed by atoms with Crippen molar-refractivity contribution in [1.82, 2.24) is 20.5 Å². The number of amides is 1. The van der Waals surface area contributed by atoms with Crippen LogP contribution < -0.4 is 11.1 Å². The standard InChI is InChI=1S/C10H19N5O/c1-6(2)4-8(5-11)13-10(16)9-12-7(3)14-15-9/h6,8H,4-5,11H2,1-3H3,(H,13,16)(H,12,14,15). The van der Waals surface area contributed by atoms with Crippen LogP contribution in [-0.4, -0.2) is 33.7 Å². The van der Waals surface area contributed by atoms with Crippen molar-refractivity contribution in [2.24, 2.45) is 11.7 Å². The van der Waals surface area contributed by atoms with Crippen LogP contribution in [0.3, 0.4) is 0 Å². The molecular formula is C10H19N5O. The van der Waals surface area contributed by atoms with Gasteiger partial charge in [-0.25, -0.2) is 4.98 Å². The first-order valence-electron chi connectivity index (χ1n) is 5.42. The van der Waals surface area contributed by atoms with Gasteiger partial charge in [-0.1, -0.05) is 13.8 Å². The zero-order valence-corrected chi connectivity index (χ0v) is 9.95. The van der Waals surface area contributed by atoms with E-state index in [1.165, 1.54) is 0 Å². The summed E-state index contributed by atoms with van der Waals surface area (Å²) in [6.45, 7) is 6.35. The van der Waals surface area contributed by atoms with Gasteiger partial charge in [-0.3, -0.25) is 9.89 Å². The Hall–Kier alpha value is -1.43. The Labute approximate surface area is 95.0 Å². The quantitative estimate of drug-likeness (QED) is 0.667. The molecule has 0 spiro atoms. The maximum Gasteiger partial charge on any atom is 0.291 e. The highest BCUT2D eigenvalue weighted by atomic mass is 16.2. The van der Waals surface area contributed by atoms with Crippen molar-refractivity contribution >= 4 is 5.91 Å². The van der Waals surface area contributed by atoms with Crippen molar-refractivity contribution < 1.29 is 4.79 Å². The fourth-order valence-electron chi connectivity index (χ4n) is 1.48. The fourth-order valence-corrected chi connectivity index (χ4v) is 1.48. The molecule has 0 fully saturated rings. The van der Waals surface area contributed by atoms with Gasteiger partial charge >= 0.3 is 0 Å². The van der Waals surface area contributed by atoms with Gasteiger partial charge in [-0.15, -0.1) is 5.10 Å². The summed E-state index contributed by atoms with van der Waals surface area (Å²) in [4.78, 5) is 15.7. The molecule has 0 saturated carbocycles. The van der Waals surface area contributed by atoms with Gasteiger partial charge in [0, 0.05) is 12.6 Å². The Morgan fingerprint density at radius 2 is 2.25 bits per heavy atom. The van der Waals surface area contributed by atoms with Crippen molar-refractivity contribution in [3.05, 3.63) is 11.6 Å². The second-order valence-corrected chi connectivity index (χ2v) is 4.28. The van der Waals surface area contributed by atoms with Crippen molar-refractivity contribution in [3.63, 3.8) is 0 Å². The minimum absolute atomic E-state index is 0.0219. The number of nitrogens with zero attached hydrogens (tertiary/aromatic N) is 2. The number of hydrogen-bond donors (Lipinski definition) is 3. The zero-order chi connectivity index (χ0) is 12.1. The number of nitrogens with two attached hydrogens (primary N) is 1. The second kappa shape index (κ2) is 5.60. The number of carbonyl (C=O) groups is 1. The second-order valence-electron chi connectivity index (χ2n) is 4.28. The number of carbonyl (C=O) groups excluding carboxylic acids is 1. The average Bonchev–Trinajstić information content (AvgIpc) is 2.63. The lowest BCUT2D eigenvalue weighted by Crippen LogP contribution is -2.41. The molecule has 6 nitrogen and oxygen atoms in total. The van der Waals surface area contributed by atoms with Crippen LogP contribution in [0.15, 0.2) is 0 Å². The van der Waals surface area contributed by atoms with E-state index < -0.39 is 0 Å². The zero-order valence-electron chi connectivity index (χ0n) is 9.95. The Kier molecular flexibility index (Phi) is 4.42. The van der Waals surface area contributed by atoms with Crippen LogP contribution in [0, 0.1) is 12.8 Å². The molecule has 0 radical (unpaired) electrons. The molecule has 16 heavy (non-hydrogen) atoms. The molecule has 1 unspecified atom stereocenters. The summed E-state index contributed by atoms with van der Waals surface area (Å²) in [6.07, 6.45) is 0.853. The minimum Gasteiger partial charge on any atom is -0.345 e. The maximum atomic E-state index is 11.7. The number of nitrogens with one attached hydrogen (secondary N) is 2. The molecule has 0 saturated heterocycles. The Morgan fingerprint density at radius 3 is 2.69 bits per heavy atom. The van der Waals surface area contributed by atoms with Crippen LogP contribution in [0.2, 0.25) is 0 Å². The molecule has 1 aromatic rings. The third kappa shape index (κ3) is 3.62. The first-order valence-corrected chi connectivity index (χ1v) is 5.42. The summed E-state index contributed by atoms with van der Waals surface area (Å²) in [5.41, 5.74) is 5.59. The van der Waals surface area contributed by atoms with Crippen molar-refractivity contribution in [3.8, 4) is 0 Å². The molecule has 1 atom stereocenters. The summed E-state index contributed by atoms with van der Waals surface area (Å²) in [5.74, 6) is 1.00. The molecule has 0 bridgehead atoms. The molecule has 0 aliphatic heterocycles. The molecule has 1 heterocycles. The van der Waals surface area contributed by atoms with Gasteiger partial charge in [0.1, 0.15) is 5.82 Å². The molecule has 1 aromatic heterocycles. The van der Waals surface area contributed by atoms with Gasteiger partial charge in [0.05, 0.1) is 0 Å². The van der Waals surface area contributed by atoms with Crippen LogP contribution in [0.1, 0.15) is 36.7 Å². The van der Waals surface area contributed by atoms with Crippen LogP contribution in [0.4, 0.5) is 0 Å². The van der Waals surface area contributed by atoms with Crippen LogP contribution in [-0.2, 0) is 0 Å². The molecular weight excluding hydrogens is 206 g/mol. The highest BCUT2D eigenvalue weighted by Gasteiger charge is 2.16. The number of aromatic amines is 1. The molecule has 1 rings (SSSR count). The smallest absolute Gasteiger partial charge is 0.291 e. The number of hydrogen-bond acceptors (Lipinski definition) is 4. The number of aromatic nitrogens is 3. The summed E-state index contributed by atoms with van der Waals surface area (Å²) in [7, 11) is 0. The molecule has 1 amide bonds. The van der Waals surface area contributed by atoms with Crippen LogP contribution >= 0.6 is 0 Å². The van der Waals surface area contributed by atoms with Gasteiger partial charge in [0.2, 0.25) is 5.82 Å². The lowest BCUT2D eigenvalue weighted by Gasteiger charge is -2.17. The highest BCUT2D eigenvalue weighted by Crippen LogP contribution is 2.04. The van der Waals surface area contributed by atoms with E-state index in [0.717, 1.165) is 6.42 Å². The lowest BCUT2D eigenvalue weighted by atomic mass is 10.0. The SMILES string of the molecule is Cc1nc(C(=O)NC(CN)CC(C)C)n[nH]1. The van der Waals surface area contributed by atoms with E-state index in [2.05, 4.69) is 34.3 Å². The summed E-state index contributed by atoms with van der Waals surface area (Å²) < 4.78 is 0. The Bertz CT molecular complexity index is 347. The Balaban J connectivity index is 2.55. The van der Waals surface area contributed by atoms with Crippen molar-refractivity contribution in [1.29, 1.82) is 0 Å². The predicted octanol–water partition coefficient (Wildman–Crippen LogP) is 0.216. The van der Waals surface area contributed by atoms with Crippen LogP contribution in [0.5, 0.6) is 0 Å². The molecule has 0 aromatic carbocycles. The molecule has 0 aliphatic rings. The number of H-pyrrole nitrogens is 1. The lowest BCUT2D eigenvalue weighted by molar-refractivity contribution is 0.0923. The monoisotopic (exact) mass is 225 g/mol. The fraction of sp³-hybridized carbons (Fsp3) is 0.700. The minimum atomic E-state index is -0.277. The van der Waals surface area contributed by atoms with Crippen LogP contribution in [0.25, 0.3) is 0 Å². The molecule has 90 valence electrons. The maximum absolute atomic E-state index is 11.7. The van der Waals surface area contributed by atoms with Gasteiger partial charge in [0.15, 0.2) is 0 Å². The van der Waals surface area contributed by atoms with Gasteiger partial charge in [0.25, 0.3) is 5.91 Å². The molecule has 6 heteroatoms. The first-order chi connectivity index (χ1) is 7.52. The van der Waals surface area contributed by atoms with E-state index in [-0.39, 0.29) is 17.8 Å². The average molecular weight is 225 g/mol. The largest absolute Gasteiger partial charge is 0.345 e. The van der Waals surface area contributed by atoms with Gasteiger partial charge in [-0.2, -0.15) is 0 Å². The first kappa shape index (κ1) is 12.6. The van der Waals surface area contributed by atoms with E-state index in [9.17, 15) is 4.79 Å². The summed E-state index contributed by atoms with van der Waals surface area (Å²) >= 11 is 0. The van der Waals surface area contributed by atoms with E-state index in [1.54, 1.807) is 6.92 Å². The molecule has 4 N–H and O–H groups in total.